The molecular weight excluding hydrogens is 418 g/mol. The highest BCUT2D eigenvalue weighted by atomic mass is 79.9. The van der Waals surface area contributed by atoms with Gasteiger partial charge in [0.2, 0.25) is 5.91 Å². The Morgan fingerprint density at radius 3 is 2.73 bits per heavy atom. The lowest BCUT2D eigenvalue weighted by Gasteiger charge is -2.06. The van der Waals surface area contributed by atoms with E-state index < -0.39 is 21.5 Å². The van der Waals surface area contributed by atoms with Gasteiger partial charge in [0.1, 0.15) is 11.6 Å². The zero-order chi connectivity index (χ0) is 18.6. The number of aromatic amines is 1. The third kappa shape index (κ3) is 5.15. The van der Waals surface area contributed by atoms with Crippen molar-refractivity contribution in [3.8, 4) is 0 Å². The standard InChI is InChI=1S/C18H18BrN3O3S/c19-14-5-3-4-13(10-14)11-26(24,25)12-18(23)20-9-8-17-21-15-6-1-2-7-16(15)22-17/h1-7,10H,8-9,11-12H2,(H,20,23)(H,21,22). The van der Waals surface area contributed by atoms with E-state index in [4.69, 9.17) is 0 Å². The normalized spacial score (nSPS) is 11.6. The van der Waals surface area contributed by atoms with Crippen LogP contribution in [0.2, 0.25) is 0 Å². The van der Waals surface area contributed by atoms with Crippen molar-refractivity contribution in [2.75, 3.05) is 12.3 Å². The molecule has 6 nitrogen and oxygen atoms in total. The smallest absolute Gasteiger partial charge is 0.235 e. The van der Waals surface area contributed by atoms with E-state index in [1.54, 1.807) is 18.2 Å². The van der Waals surface area contributed by atoms with Crippen molar-refractivity contribution >= 4 is 42.7 Å². The minimum Gasteiger partial charge on any atom is -0.355 e. The van der Waals surface area contributed by atoms with Gasteiger partial charge in [-0.15, -0.1) is 0 Å². The zero-order valence-corrected chi connectivity index (χ0v) is 16.3. The molecule has 8 heteroatoms. The van der Waals surface area contributed by atoms with Gasteiger partial charge in [0.05, 0.1) is 16.8 Å². The van der Waals surface area contributed by atoms with E-state index in [0.717, 1.165) is 21.3 Å². The summed E-state index contributed by atoms with van der Waals surface area (Å²) in [5.41, 5.74) is 2.45. The van der Waals surface area contributed by atoms with Crippen LogP contribution < -0.4 is 5.32 Å². The molecule has 0 spiro atoms. The van der Waals surface area contributed by atoms with Crippen molar-refractivity contribution in [3.63, 3.8) is 0 Å². The van der Waals surface area contributed by atoms with Crippen LogP contribution in [0.3, 0.4) is 0 Å². The van der Waals surface area contributed by atoms with Crippen molar-refractivity contribution in [1.29, 1.82) is 0 Å². The van der Waals surface area contributed by atoms with E-state index in [0.29, 0.717) is 18.5 Å². The molecule has 1 heterocycles. The Morgan fingerprint density at radius 1 is 1.15 bits per heavy atom. The Hall–Kier alpha value is -2.19. The van der Waals surface area contributed by atoms with Crippen molar-refractivity contribution < 1.29 is 13.2 Å². The average molecular weight is 436 g/mol. The molecule has 2 N–H and O–H groups in total. The van der Waals surface area contributed by atoms with Crippen LogP contribution in [0.4, 0.5) is 0 Å². The molecule has 0 saturated carbocycles. The summed E-state index contributed by atoms with van der Waals surface area (Å²) in [6.07, 6.45) is 0.506. The highest BCUT2D eigenvalue weighted by Gasteiger charge is 2.17. The largest absolute Gasteiger partial charge is 0.355 e. The molecule has 0 saturated heterocycles. The lowest BCUT2D eigenvalue weighted by Crippen LogP contribution is -2.32. The van der Waals surface area contributed by atoms with Crippen LogP contribution in [-0.4, -0.2) is 36.6 Å². The lowest BCUT2D eigenvalue weighted by molar-refractivity contribution is -0.118. The van der Waals surface area contributed by atoms with Crippen molar-refractivity contribution in [1.82, 2.24) is 15.3 Å². The van der Waals surface area contributed by atoms with E-state index in [1.807, 2.05) is 30.3 Å². The highest BCUT2D eigenvalue weighted by molar-refractivity contribution is 9.10. The number of halogens is 1. The number of rotatable bonds is 7. The number of aromatic nitrogens is 2. The summed E-state index contributed by atoms with van der Waals surface area (Å²) in [6.45, 7) is 0.324. The summed E-state index contributed by atoms with van der Waals surface area (Å²) in [5, 5.41) is 2.64. The molecular formula is C18H18BrN3O3S. The van der Waals surface area contributed by atoms with Gasteiger partial charge in [0.25, 0.3) is 0 Å². The van der Waals surface area contributed by atoms with Crippen LogP contribution in [0, 0.1) is 0 Å². The van der Waals surface area contributed by atoms with Gasteiger partial charge >= 0.3 is 0 Å². The summed E-state index contributed by atoms with van der Waals surface area (Å²) < 4.78 is 25.2. The fourth-order valence-corrected chi connectivity index (χ4v) is 4.36. The van der Waals surface area contributed by atoms with Crippen LogP contribution in [0.5, 0.6) is 0 Å². The molecule has 0 radical (unpaired) electrons. The van der Waals surface area contributed by atoms with E-state index >= 15 is 0 Å². The summed E-state index contributed by atoms with van der Waals surface area (Å²) in [4.78, 5) is 19.5. The summed E-state index contributed by atoms with van der Waals surface area (Å²) in [5.74, 6) is -0.442. The average Bonchev–Trinajstić information content (AvgIpc) is 2.96. The second kappa shape index (κ2) is 8.01. The Labute approximate surface area is 160 Å². The molecule has 0 aliphatic heterocycles. The Bertz CT molecular complexity index is 998. The molecule has 0 aliphatic rings. The number of nitrogens with one attached hydrogen (secondary N) is 2. The lowest BCUT2D eigenvalue weighted by atomic mass is 10.2. The molecule has 0 atom stereocenters. The Kier molecular flexibility index (Phi) is 5.73. The van der Waals surface area contributed by atoms with Crippen molar-refractivity contribution in [2.45, 2.75) is 12.2 Å². The van der Waals surface area contributed by atoms with E-state index in [-0.39, 0.29) is 5.75 Å². The maximum absolute atomic E-state index is 12.2. The maximum atomic E-state index is 12.2. The third-order valence-electron chi connectivity index (χ3n) is 3.75. The molecule has 26 heavy (non-hydrogen) atoms. The number of hydrogen-bond acceptors (Lipinski definition) is 4. The predicted octanol–water partition coefficient (Wildman–Crippen LogP) is 2.60. The zero-order valence-electron chi connectivity index (χ0n) is 13.9. The number of benzene rings is 2. The van der Waals surface area contributed by atoms with Crippen molar-refractivity contribution in [2.24, 2.45) is 0 Å². The Balaban J connectivity index is 1.50. The minimum absolute atomic E-state index is 0.163. The number of fused-ring (bicyclic) bond motifs is 1. The van der Waals surface area contributed by atoms with Crippen LogP contribution in [0.1, 0.15) is 11.4 Å². The predicted molar refractivity (Wildman–Crippen MR) is 104 cm³/mol. The minimum atomic E-state index is -3.52. The molecule has 0 fully saturated rings. The Morgan fingerprint density at radius 2 is 1.96 bits per heavy atom. The van der Waals surface area contributed by atoms with Crippen LogP contribution >= 0.6 is 15.9 Å². The van der Waals surface area contributed by atoms with Gasteiger partial charge in [-0.2, -0.15) is 0 Å². The van der Waals surface area contributed by atoms with Gasteiger partial charge in [-0.05, 0) is 29.8 Å². The molecule has 3 rings (SSSR count). The number of carbonyl (C=O) groups excluding carboxylic acids is 1. The number of sulfone groups is 1. The molecule has 2 aromatic carbocycles. The fourth-order valence-electron chi connectivity index (χ4n) is 2.63. The molecule has 136 valence electrons. The van der Waals surface area contributed by atoms with Gasteiger partial charge in [-0.3, -0.25) is 4.79 Å². The van der Waals surface area contributed by atoms with Gasteiger partial charge in [0, 0.05) is 17.4 Å². The monoisotopic (exact) mass is 435 g/mol. The first-order valence-corrected chi connectivity index (χ1v) is 10.7. The van der Waals surface area contributed by atoms with Gasteiger partial charge in [0.15, 0.2) is 9.84 Å². The molecule has 0 unspecified atom stereocenters. The fraction of sp³-hybridized carbons (Fsp3) is 0.222. The van der Waals surface area contributed by atoms with Gasteiger partial charge in [-0.1, -0.05) is 40.2 Å². The van der Waals surface area contributed by atoms with E-state index in [1.165, 1.54) is 0 Å². The maximum Gasteiger partial charge on any atom is 0.235 e. The number of imidazole rings is 1. The summed E-state index contributed by atoms with van der Waals surface area (Å²) >= 11 is 3.31. The number of para-hydroxylation sites is 2. The van der Waals surface area contributed by atoms with Gasteiger partial charge < -0.3 is 10.3 Å². The molecule has 1 amide bonds. The molecule has 0 bridgehead atoms. The summed E-state index contributed by atoms with van der Waals surface area (Å²) in [7, 11) is -3.52. The van der Waals surface area contributed by atoms with Crippen LogP contribution in [-0.2, 0) is 26.8 Å². The van der Waals surface area contributed by atoms with Gasteiger partial charge in [-0.25, -0.2) is 13.4 Å². The number of amides is 1. The van der Waals surface area contributed by atoms with Crippen LogP contribution in [0.25, 0.3) is 11.0 Å². The summed E-state index contributed by atoms with van der Waals surface area (Å²) in [6, 6.07) is 14.7. The highest BCUT2D eigenvalue weighted by Crippen LogP contribution is 2.14. The second-order valence-corrected chi connectivity index (χ2v) is 8.94. The number of carbonyl (C=O) groups is 1. The molecule has 0 aliphatic carbocycles. The molecule has 1 aromatic heterocycles. The number of hydrogen-bond donors (Lipinski definition) is 2. The number of H-pyrrole nitrogens is 1. The first-order valence-electron chi connectivity index (χ1n) is 8.06. The van der Waals surface area contributed by atoms with E-state index in [2.05, 4.69) is 31.2 Å². The van der Waals surface area contributed by atoms with Crippen molar-refractivity contribution in [3.05, 3.63) is 64.4 Å². The third-order valence-corrected chi connectivity index (χ3v) is 5.72. The quantitative estimate of drug-likeness (QED) is 0.596. The topological polar surface area (TPSA) is 91.9 Å². The molecule has 3 aromatic rings. The SMILES string of the molecule is O=C(CS(=O)(=O)Cc1cccc(Br)c1)NCCc1nc2ccccc2[nH]1. The first kappa shape index (κ1) is 18.6. The second-order valence-electron chi connectivity index (χ2n) is 5.96. The first-order chi connectivity index (χ1) is 12.4. The van der Waals surface area contributed by atoms with E-state index in [9.17, 15) is 13.2 Å². The van der Waals surface area contributed by atoms with Crippen LogP contribution in [0.15, 0.2) is 53.0 Å². The number of nitrogens with zero attached hydrogens (tertiary/aromatic N) is 1.